The van der Waals surface area contributed by atoms with E-state index >= 15 is 0 Å². The maximum atomic E-state index is 11.1. The van der Waals surface area contributed by atoms with Crippen LogP contribution in [0.4, 0.5) is 5.69 Å². The summed E-state index contributed by atoms with van der Waals surface area (Å²) in [5.41, 5.74) is 0.429. The Hall–Kier alpha value is -2.82. The lowest BCUT2D eigenvalue weighted by Gasteiger charge is -2.22. The first-order valence-electron chi connectivity index (χ1n) is 7.86. The number of nitrogens with one attached hydrogen (secondary N) is 1. The smallest absolute Gasteiger partial charge is 0.272 e. The molecule has 0 aromatic heterocycles. The number of benzene rings is 3. The molecule has 0 bridgehead atoms. The molecule has 3 aromatic carbocycles. The monoisotopic (exact) mass is 381 g/mol. The molecule has 0 aliphatic carbocycles. The van der Waals surface area contributed by atoms with Crippen LogP contribution in [0.1, 0.15) is 5.56 Å². The summed E-state index contributed by atoms with van der Waals surface area (Å²) in [6.45, 7) is 0. The molecule has 0 aliphatic heterocycles. The number of nitro benzene ring substituents is 1. The number of hydrogen-bond acceptors (Lipinski definition) is 4. The lowest BCUT2D eigenvalue weighted by molar-refractivity contribution is -0.385. The third-order valence-electron chi connectivity index (χ3n) is 3.78. The van der Waals surface area contributed by atoms with Crippen molar-refractivity contribution in [1.29, 1.82) is 0 Å². The highest BCUT2D eigenvalue weighted by molar-refractivity contribution is 8.20. The van der Waals surface area contributed by atoms with Gasteiger partial charge in [-0.1, -0.05) is 84.6 Å². The summed E-state index contributed by atoms with van der Waals surface area (Å²) in [4.78, 5) is 10.7. The molecular formula is C19H16N3O2PS. The molecule has 0 atom stereocenters. The van der Waals surface area contributed by atoms with Gasteiger partial charge in [-0.05, 0) is 6.07 Å². The van der Waals surface area contributed by atoms with Crippen LogP contribution in [-0.4, -0.2) is 11.1 Å². The van der Waals surface area contributed by atoms with Crippen LogP contribution in [0, 0.1) is 10.1 Å². The number of rotatable bonds is 6. The fraction of sp³-hybridized carbons (Fsp3) is 0. The van der Waals surface area contributed by atoms with Crippen LogP contribution < -0.4 is 15.8 Å². The molecule has 0 saturated carbocycles. The van der Waals surface area contributed by atoms with Crippen molar-refractivity contribution in [3.05, 3.63) is 101 Å². The lowest BCUT2D eigenvalue weighted by Crippen LogP contribution is -2.24. The van der Waals surface area contributed by atoms with E-state index in [1.807, 2.05) is 60.7 Å². The van der Waals surface area contributed by atoms with E-state index in [1.54, 1.807) is 18.2 Å². The van der Waals surface area contributed by atoms with Crippen molar-refractivity contribution < 1.29 is 4.92 Å². The van der Waals surface area contributed by atoms with E-state index in [1.165, 1.54) is 12.3 Å². The highest BCUT2D eigenvalue weighted by Crippen LogP contribution is 2.38. The normalized spacial score (nSPS) is 11.4. The fourth-order valence-electron chi connectivity index (χ4n) is 2.48. The second-order valence-electron chi connectivity index (χ2n) is 5.45. The molecule has 0 saturated heterocycles. The van der Waals surface area contributed by atoms with Crippen LogP contribution in [0.5, 0.6) is 0 Å². The molecule has 0 aliphatic rings. The molecule has 7 heteroatoms. The van der Waals surface area contributed by atoms with Gasteiger partial charge in [-0.25, -0.2) is 0 Å². The predicted molar refractivity (Wildman–Crippen MR) is 110 cm³/mol. The third-order valence-corrected chi connectivity index (χ3v) is 7.73. The highest BCUT2D eigenvalue weighted by Gasteiger charge is 2.21. The predicted octanol–water partition coefficient (Wildman–Crippen LogP) is 3.56. The van der Waals surface area contributed by atoms with E-state index in [4.69, 9.17) is 11.8 Å². The quantitative estimate of drug-likeness (QED) is 0.307. The van der Waals surface area contributed by atoms with Crippen LogP contribution in [0.25, 0.3) is 0 Å². The van der Waals surface area contributed by atoms with Gasteiger partial charge in [0.2, 0.25) is 0 Å². The Labute approximate surface area is 156 Å². The first-order chi connectivity index (χ1) is 12.6. The average molecular weight is 381 g/mol. The molecule has 0 fully saturated rings. The Morgan fingerprint density at radius 2 is 1.38 bits per heavy atom. The van der Waals surface area contributed by atoms with E-state index in [9.17, 15) is 10.1 Å². The van der Waals surface area contributed by atoms with Gasteiger partial charge in [-0.15, -0.1) is 0 Å². The topological polar surface area (TPSA) is 67.5 Å². The van der Waals surface area contributed by atoms with Gasteiger partial charge in [0.15, 0.2) is 0 Å². The van der Waals surface area contributed by atoms with Gasteiger partial charge < -0.3 is 0 Å². The zero-order chi connectivity index (χ0) is 18.4. The van der Waals surface area contributed by atoms with Crippen molar-refractivity contribution in [3.63, 3.8) is 0 Å². The van der Waals surface area contributed by atoms with Crippen molar-refractivity contribution in [2.24, 2.45) is 5.10 Å². The highest BCUT2D eigenvalue weighted by atomic mass is 32.4. The van der Waals surface area contributed by atoms with E-state index < -0.39 is 11.1 Å². The van der Waals surface area contributed by atoms with Crippen molar-refractivity contribution in [1.82, 2.24) is 5.20 Å². The van der Waals surface area contributed by atoms with Crippen molar-refractivity contribution in [2.45, 2.75) is 0 Å². The minimum absolute atomic E-state index is 0.00535. The second-order valence-corrected chi connectivity index (χ2v) is 9.55. The average Bonchev–Trinajstić information content (AvgIpc) is 2.69. The SMILES string of the molecule is O=[N+]([O-])c1ccccc1C=NNP(=S)(c1ccccc1)c1ccccc1. The van der Waals surface area contributed by atoms with Gasteiger partial charge in [0.25, 0.3) is 5.69 Å². The Morgan fingerprint density at radius 1 is 0.885 bits per heavy atom. The van der Waals surface area contributed by atoms with Crippen molar-refractivity contribution >= 4 is 40.5 Å². The largest absolute Gasteiger partial charge is 0.278 e. The summed E-state index contributed by atoms with van der Waals surface area (Å²) in [7, 11) is 0. The van der Waals surface area contributed by atoms with E-state index in [0.29, 0.717) is 5.56 Å². The fourth-order valence-corrected chi connectivity index (χ4v) is 5.29. The summed E-state index contributed by atoms with van der Waals surface area (Å²) in [5, 5.41) is 20.5. The third kappa shape index (κ3) is 3.87. The van der Waals surface area contributed by atoms with Crippen LogP contribution in [-0.2, 0) is 11.8 Å². The number of hydrogen-bond donors (Lipinski definition) is 1. The Morgan fingerprint density at radius 3 is 1.92 bits per heavy atom. The van der Waals surface area contributed by atoms with Crippen LogP contribution in [0.2, 0.25) is 0 Å². The molecule has 3 rings (SSSR count). The van der Waals surface area contributed by atoms with E-state index in [-0.39, 0.29) is 5.69 Å². The molecule has 1 N–H and O–H groups in total. The van der Waals surface area contributed by atoms with Gasteiger partial charge >= 0.3 is 0 Å². The molecule has 0 radical (unpaired) electrons. The second kappa shape index (κ2) is 8.04. The van der Waals surface area contributed by atoms with Gasteiger partial charge in [-0.3, -0.25) is 15.3 Å². The van der Waals surface area contributed by atoms with Gasteiger partial charge in [0.1, 0.15) is 6.19 Å². The summed E-state index contributed by atoms with van der Waals surface area (Å²) in [6.07, 6.45) is -0.935. The first kappa shape index (κ1) is 18.0. The summed E-state index contributed by atoms with van der Waals surface area (Å²) in [6, 6.07) is 26.0. The summed E-state index contributed by atoms with van der Waals surface area (Å²) in [5.74, 6) is 0. The zero-order valence-electron chi connectivity index (χ0n) is 13.7. The van der Waals surface area contributed by atoms with Crippen LogP contribution in [0.3, 0.4) is 0 Å². The lowest BCUT2D eigenvalue weighted by atomic mass is 10.2. The van der Waals surface area contributed by atoms with Gasteiger partial charge in [-0.2, -0.15) is 5.10 Å². The minimum Gasteiger partial charge on any atom is -0.272 e. The van der Waals surface area contributed by atoms with E-state index in [0.717, 1.165) is 10.6 Å². The molecule has 0 heterocycles. The Bertz CT molecular complexity index is 935. The zero-order valence-corrected chi connectivity index (χ0v) is 15.4. The van der Waals surface area contributed by atoms with Crippen LogP contribution >= 0.6 is 6.19 Å². The molecule has 0 amide bonds. The number of nitrogens with zero attached hydrogens (tertiary/aromatic N) is 2. The summed E-state index contributed by atoms with van der Waals surface area (Å²) >= 11 is 5.99. The van der Waals surface area contributed by atoms with Gasteiger partial charge in [0.05, 0.1) is 16.7 Å². The number of para-hydroxylation sites is 1. The molecule has 5 nitrogen and oxygen atoms in total. The van der Waals surface area contributed by atoms with Gasteiger partial charge in [0, 0.05) is 16.7 Å². The van der Waals surface area contributed by atoms with Crippen molar-refractivity contribution in [2.75, 3.05) is 0 Å². The molecule has 3 aromatic rings. The molecule has 0 unspecified atom stereocenters. The number of hydrazone groups is 1. The standard InChI is InChI=1S/C19H16N3O2PS/c23-22(24)19-14-8-7-9-16(19)15-20-21-25(26,17-10-3-1-4-11-17)18-12-5-2-6-13-18/h1-15H,(H,21,26). The molecule has 26 heavy (non-hydrogen) atoms. The van der Waals surface area contributed by atoms with Crippen LogP contribution in [0.15, 0.2) is 90.0 Å². The molecule has 130 valence electrons. The molecule has 0 spiro atoms. The van der Waals surface area contributed by atoms with E-state index in [2.05, 4.69) is 10.3 Å². The maximum Gasteiger partial charge on any atom is 0.278 e. The van der Waals surface area contributed by atoms with Crippen molar-refractivity contribution in [3.8, 4) is 0 Å². The molecular weight excluding hydrogens is 365 g/mol. The summed E-state index contributed by atoms with van der Waals surface area (Å²) < 4.78 is 0. The number of nitro groups is 1. The first-order valence-corrected chi connectivity index (χ1v) is 10.7. The Kier molecular flexibility index (Phi) is 5.56. The maximum absolute atomic E-state index is 11.1. The minimum atomic E-state index is -2.38. The Balaban J connectivity index is 1.96.